The van der Waals surface area contributed by atoms with E-state index in [1.807, 2.05) is 13.8 Å². The molecule has 0 aromatic heterocycles. The molecule has 1 aliphatic rings. The normalized spacial score (nSPS) is 17.4. The van der Waals surface area contributed by atoms with Crippen LogP contribution < -0.4 is 10.6 Å². The van der Waals surface area contributed by atoms with Gasteiger partial charge < -0.3 is 15.7 Å². The van der Waals surface area contributed by atoms with Crippen molar-refractivity contribution in [3.63, 3.8) is 0 Å². The van der Waals surface area contributed by atoms with Gasteiger partial charge in [-0.05, 0) is 24.7 Å². The molecule has 1 fully saturated rings. The van der Waals surface area contributed by atoms with Crippen LogP contribution in [0.25, 0.3) is 0 Å². The molecule has 98 valence electrons. The molecule has 0 spiro atoms. The fourth-order valence-electron chi connectivity index (χ4n) is 1.79. The van der Waals surface area contributed by atoms with Gasteiger partial charge >= 0.3 is 12.0 Å². The van der Waals surface area contributed by atoms with Crippen LogP contribution in [-0.4, -0.2) is 29.7 Å². The molecule has 0 aliphatic heterocycles. The quantitative estimate of drug-likeness (QED) is 0.661. The fraction of sp³-hybridized carbons (Fsp3) is 0.833. The number of amides is 2. The summed E-state index contributed by atoms with van der Waals surface area (Å²) in [4.78, 5) is 22.2. The maximum atomic E-state index is 11.6. The molecule has 0 aromatic rings. The van der Waals surface area contributed by atoms with Crippen molar-refractivity contribution in [3.8, 4) is 0 Å². The van der Waals surface area contributed by atoms with Crippen molar-refractivity contribution < 1.29 is 14.7 Å². The van der Waals surface area contributed by atoms with E-state index in [1.54, 1.807) is 0 Å². The summed E-state index contributed by atoms with van der Waals surface area (Å²) in [6.07, 6.45) is 3.59. The molecule has 1 rings (SSSR count). The molecule has 0 heterocycles. The summed E-state index contributed by atoms with van der Waals surface area (Å²) in [7, 11) is 0. The zero-order valence-corrected chi connectivity index (χ0v) is 10.5. The van der Waals surface area contributed by atoms with Crippen molar-refractivity contribution in [2.24, 2.45) is 11.8 Å². The molecule has 1 unspecified atom stereocenters. The zero-order chi connectivity index (χ0) is 12.8. The number of carbonyl (C=O) groups excluding carboxylic acids is 1. The highest BCUT2D eigenvalue weighted by molar-refractivity contribution is 5.75. The number of hydrogen-bond donors (Lipinski definition) is 3. The summed E-state index contributed by atoms with van der Waals surface area (Å²) in [5, 5.41) is 14.3. The van der Waals surface area contributed by atoms with Gasteiger partial charge in [0.2, 0.25) is 0 Å². The standard InChI is InChI=1S/C12H22N2O3/c1-8(2)10(6-11(15)16)14-12(17)13-7-9-4-3-5-9/h8-10H,3-7H2,1-2H3,(H,15,16)(H2,13,14,17). The lowest BCUT2D eigenvalue weighted by molar-refractivity contribution is -0.137. The Morgan fingerprint density at radius 3 is 2.41 bits per heavy atom. The van der Waals surface area contributed by atoms with Gasteiger partial charge in [0.05, 0.1) is 6.42 Å². The minimum absolute atomic E-state index is 0.0332. The van der Waals surface area contributed by atoms with Gasteiger partial charge in [0.25, 0.3) is 0 Å². The van der Waals surface area contributed by atoms with Crippen molar-refractivity contribution in [1.82, 2.24) is 10.6 Å². The van der Waals surface area contributed by atoms with E-state index < -0.39 is 5.97 Å². The molecule has 1 saturated carbocycles. The van der Waals surface area contributed by atoms with Crippen LogP contribution >= 0.6 is 0 Å². The lowest BCUT2D eigenvalue weighted by Crippen LogP contribution is -2.47. The second-order valence-corrected chi connectivity index (χ2v) is 5.10. The maximum Gasteiger partial charge on any atom is 0.315 e. The average molecular weight is 242 g/mol. The van der Waals surface area contributed by atoms with Crippen LogP contribution in [0.4, 0.5) is 4.79 Å². The number of nitrogens with one attached hydrogen (secondary N) is 2. The predicted molar refractivity (Wildman–Crippen MR) is 64.8 cm³/mol. The van der Waals surface area contributed by atoms with Gasteiger partial charge in [-0.3, -0.25) is 4.79 Å². The number of urea groups is 1. The van der Waals surface area contributed by atoms with Crippen molar-refractivity contribution in [1.29, 1.82) is 0 Å². The molecular weight excluding hydrogens is 220 g/mol. The second-order valence-electron chi connectivity index (χ2n) is 5.10. The van der Waals surface area contributed by atoms with Crippen molar-refractivity contribution in [2.45, 2.75) is 45.6 Å². The third-order valence-corrected chi connectivity index (χ3v) is 3.29. The van der Waals surface area contributed by atoms with E-state index in [-0.39, 0.29) is 24.4 Å². The Balaban J connectivity index is 2.26. The molecule has 1 atom stereocenters. The number of carbonyl (C=O) groups is 2. The topological polar surface area (TPSA) is 78.4 Å². The third-order valence-electron chi connectivity index (χ3n) is 3.29. The van der Waals surface area contributed by atoms with Crippen LogP contribution in [0.2, 0.25) is 0 Å². The lowest BCUT2D eigenvalue weighted by Gasteiger charge is -2.26. The van der Waals surface area contributed by atoms with Crippen LogP contribution in [0.5, 0.6) is 0 Å². The minimum atomic E-state index is -0.886. The highest BCUT2D eigenvalue weighted by atomic mass is 16.4. The lowest BCUT2D eigenvalue weighted by atomic mass is 9.85. The van der Waals surface area contributed by atoms with E-state index in [0.29, 0.717) is 12.5 Å². The van der Waals surface area contributed by atoms with E-state index in [9.17, 15) is 9.59 Å². The Morgan fingerprint density at radius 2 is 2.00 bits per heavy atom. The van der Waals surface area contributed by atoms with Crippen LogP contribution in [0.15, 0.2) is 0 Å². The molecule has 2 amide bonds. The first kappa shape index (κ1) is 13.8. The fourth-order valence-corrected chi connectivity index (χ4v) is 1.79. The largest absolute Gasteiger partial charge is 0.481 e. The van der Waals surface area contributed by atoms with E-state index in [4.69, 9.17) is 5.11 Å². The van der Waals surface area contributed by atoms with Gasteiger partial charge in [0.1, 0.15) is 0 Å². The molecule has 0 aromatic carbocycles. The first-order chi connectivity index (χ1) is 7.99. The number of carboxylic acid groups (broad SMARTS) is 1. The van der Waals surface area contributed by atoms with Crippen LogP contribution in [0, 0.1) is 11.8 Å². The SMILES string of the molecule is CC(C)C(CC(=O)O)NC(=O)NCC1CCC1. The number of hydrogen-bond acceptors (Lipinski definition) is 2. The Labute approximate surface area is 102 Å². The monoisotopic (exact) mass is 242 g/mol. The van der Waals surface area contributed by atoms with Crippen molar-refractivity contribution in [3.05, 3.63) is 0 Å². The predicted octanol–water partition coefficient (Wildman–Crippen LogP) is 1.58. The molecule has 5 heteroatoms. The van der Waals surface area contributed by atoms with Crippen molar-refractivity contribution >= 4 is 12.0 Å². The van der Waals surface area contributed by atoms with Crippen LogP contribution in [0.3, 0.4) is 0 Å². The van der Waals surface area contributed by atoms with Gasteiger partial charge in [-0.15, -0.1) is 0 Å². The molecule has 17 heavy (non-hydrogen) atoms. The summed E-state index contributed by atoms with van der Waals surface area (Å²) in [5.41, 5.74) is 0. The molecule has 0 bridgehead atoms. The van der Waals surface area contributed by atoms with E-state index >= 15 is 0 Å². The first-order valence-electron chi connectivity index (χ1n) is 6.25. The Kier molecular flexibility index (Phi) is 5.25. The molecule has 5 nitrogen and oxygen atoms in total. The molecule has 1 aliphatic carbocycles. The maximum absolute atomic E-state index is 11.6. The number of aliphatic carboxylic acids is 1. The number of carboxylic acids is 1. The second kappa shape index (κ2) is 6.47. The first-order valence-corrected chi connectivity index (χ1v) is 6.25. The van der Waals surface area contributed by atoms with Crippen molar-refractivity contribution in [2.75, 3.05) is 6.54 Å². The Morgan fingerprint density at radius 1 is 1.35 bits per heavy atom. The summed E-state index contributed by atoms with van der Waals surface area (Å²) in [6, 6.07) is -0.564. The average Bonchev–Trinajstić information content (AvgIpc) is 2.13. The van der Waals surface area contributed by atoms with E-state index in [0.717, 1.165) is 0 Å². The van der Waals surface area contributed by atoms with Crippen LogP contribution in [-0.2, 0) is 4.79 Å². The Bertz CT molecular complexity index is 275. The van der Waals surface area contributed by atoms with E-state index in [2.05, 4.69) is 10.6 Å². The third kappa shape index (κ3) is 5.06. The zero-order valence-electron chi connectivity index (χ0n) is 10.5. The van der Waals surface area contributed by atoms with Gasteiger partial charge in [-0.25, -0.2) is 4.79 Å². The highest BCUT2D eigenvalue weighted by Crippen LogP contribution is 2.25. The minimum Gasteiger partial charge on any atom is -0.481 e. The summed E-state index contributed by atoms with van der Waals surface area (Å²) < 4.78 is 0. The summed E-state index contributed by atoms with van der Waals surface area (Å²) >= 11 is 0. The molecule has 0 saturated heterocycles. The molecule has 3 N–H and O–H groups in total. The van der Waals surface area contributed by atoms with Gasteiger partial charge in [0, 0.05) is 12.6 Å². The van der Waals surface area contributed by atoms with Crippen LogP contribution in [0.1, 0.15) is 39.5 Å². The van der Waals surface area contributed by atoms with Gasteiger partial charge in [-0.1, -0.05) is 20.3 Å². The van der Waals surface area contributed by atoms with Gasteiger partial charge in [-0.2, -0.15) is 0 Å². The summed E-state index contributed by atoms with van der Waals surface area (Å²) in [5.74, 6) is -0.165. The Hall–Kier alpha value is -1.26. The van der Waals surface area contributed by atoms with Gasteiger partial charge in [0.15, 0.2) is 0 Å². The van der Waals surface area contributed by atoms with E-state index in [1.165, 1.54) is 19.3 Å². The highest BCUT2D eigenvalue weighted by Gasteiger charge is 2.21. The number of rotatable bonds is 6. The summed E-state index contributed by atoms with van der Waals surface area (Å²) in [6.45, 7) is 4.50. The molecule has 0 radical (unpaired) electrons. The molecular formula is C12H22N2O3. The smallest absolute Gasteiger partial charge is 0.315 e.